The van der Waals surface area contributed by atoms with Crippen molar-refractivity contribution in [1.29, 1.82) is 0 Å². The summed E-state index contributed by atoms with van der Waals surface area (Å²) in [6.07, 6.45) is 1.64. The summed E-state index contributed by atoms with van der Waals surface area (Å²) in [4.78, 5) is 4.41. The molecule has 0 saturated heterocycles. The van der Waals surface area contributed by atoms with Crippen molar-refractivity contribution in [2.24, 2.45) is 0 Å². The van der Waals surface area contributed by atoms with E-state index in [0.29, 0.717) is 11.1 Å². The Morgan fingerprint density at radius 3 is 2.30 bits per heavy atom. The van der Waals surface area contributed by atoms with Gasteiger partial charge in [-0.25, -0.2) is 26.3 Å². The summed E-state index contributed by atoms with van der Waals surface area (Å²) >= 11 is 0. The number of hydrogen-bond acceptors (Lipinski definition) is 5. The first-order valence-corrected chi connectivity index (χ1v) is 12.6. The Labute approximate surface area is 177 Å². The number of benzene rings is 2. The van der Waals surface area contributed by atoms with E-state index in [1.165, 1.54) is 6.07 Å². The third kappa shape index (κ3) is 5.63. The van der Waals surface area contributed by atoms with Crippen LogP contribution in [0.3, 0.4) is 0 Å². The molecule has 2 aromatic carbocycles. The fraction of sp³-hybridized carbons (Fsp3) is 0.286. The third-order valence-electron chi connectivity index (χ3n) is 4.36. The number of nitrogens with one attached hydrogen (secondary N) is 2. The van der Waals surface area contributed by atoms with Gasteiger partial charge in [0.1, 0.15) is 4.90 Å². The zero-order valence-electron chi connectivity index (χ0n) is 17.1. The van der Waals surface area contributed by atoms with Gasteiger partial charge in [0.05, 0.1) is 11.3 Å². The monoisotopic (exact) mass is 447 g/mol. The van der Waals surface area contributed by atoms with Gasteiger partial charge in [-0.05, 0) is 49.6 Å². The number of pyridine rings is 1. The van der Waals surface area contributed by atoms with Crippen LogP contribution in [0.1, 0.15) is 30.5 Å². The number of fused-ring (bicyclic) bond motifs is 1. The van der Waals surface area contributed by atoms with E-state index in [2.05, 4.69) is 14.4 Å². The van der Waals surface area contributed by atoms with Crippen LogP contribution in [-0.2, 0) is 32.3 Å². The number of para-hydroxylation sites is 1. The summed E-state index contributed by atoms with van der Waals surface area (Å²) in [6.45, 7) is 5.51. The molecule has 2 N–H and O–H groups in total. The molecule has 30 heavy (non-hydrogen) atoms. The molecule has 0 bridgehead atoms. The Morgan fingerprint density at radius 1 is 0.967 bits per heavy atom. The number of aromatic nitrogens is 1. The Morgan fingerprint density at radius 2 is 1.63 bits per heavy atom. The van der Waals surface area contributed by atoms with Gasteiger partial charge in [0, 0.05) is 24.2 Å². The van der Waals surface area contributed by atoms with Crippen LogP contribution < -0.4 is 9.44 Å². The molecule has 0 unspecified atom stereocenters. The highest BCUT2D eigenvalue weighted by Gasteiger charge is 2.18. The first-order chi connectivity index (χ1) is 14.1. The summed E-state index contributed by atoms with van der Waals surface area (Å²) in [5.41, 5.74) is 2.73. The maximum Gasteiger partial charge on any atom is 0.243 e. The van der Waals surface area contributed by atoms with Crippen molar-refractivity contribution in [3.8, 4) is 0 Å². The summed E-state index contributed by atoms with van der Waals surface area (Å²) in [6, 6.07) is 13.6. The normalized spacial score (nSPS) is 12.5. The molecule has 0 spiro atoms. The lowest BCUT2D eigenvalue weighted by atomic mass is 10.1. The Balaban J connectivity index is 1.72. The topological polar surface area (TPSA) is 105 Å². The number of sulfonamides is 2. The van der Waals surface area contributed by atoms with Crippen molar-refractivity contribution in [3.05, 3.63) is 71.4 Å². The number of aryl methyl sites for hydroxylation is 1. The molecule has 7 nitrogen and oxygen atoms in total. The first kappa shape index (κ1) is 22.4. The van der Waals surface area contributed by atoms with E-state index in [9.17, 15) is 16.8 Å². The second-order valence-corrected chi connectivity index (χ2v) is 11.0. The predicted octanol–water partition coefficient (Wildman–Crippen LogP) is 2.85. The summed E-state index contributed by atoms with van der Waals surface area (Å²) < 4.78 is 54.8. The first-order valence-electron chi connectivity index (χ1n) is 9.48. The SMILES string of the molecule is Cc1cnc2c(S(=O)(=O)NCc3ccc(CS(=O)(=O)NC(C)C)cc3)cccc2c1. The molecule has 3 rings (SSSR count). The molecule has 160 valence electrons. The van der Waals surface area contributed by atoms with E-state index in [0.717, 1.165) is 16.5 Å². The van der Waals surface area contributed by atoms with Crippen LogP contribution in [0, 0.1) is 6.92 Å². The van der Waals surface area contributed by atoms with Gasteiger partial charge in [-0.3, -0.25) is 4.98 Å². The van der Waals surface area contributed by atoms with Crippen LogP contribution in [0.5, 0.6) is 0 Å². The van der Waals surface area contributed by atoms with E-state index in [4.69, 9.17) is 0 Å². The maximum absolute atomic E-state index is 12.8. The lowest BCUT2D eigenvalue weighted by molar-refractivity contribution is 0.569. The molecule has 0 atom stereocenters. The van der Waals surface area contributed by atoms with Crippen LogP contribution in [-0.4, -0.2) is 27.9 Å². The van der Waals surface area contributed by atoms with Crippen LogP contribution >= 0.6 is 0 Å². The summed E-state index contributed by atoms with van der Waals surface area (Å²) in [7, 11) is -7.18. The second-order valence-electron chi connectivity index (χ2n) is 7.51. The fourth-order valence-electron chi connectivity index (χ4n) is 3.09. The molecule has 0 fully saturated rings. The fourth-order valence-corrected chi connectivity index (χ4v) is 5.72. The lowest BCUT2D eigenvalue weighted by Crippen LogP contribution is -2.31. The highest BCUT2D eigenvalue weighted by atomic mass is 32.2. The quantitative estimate of drug-likeness (QED) is 0.552. The maximum atomic E-state index is 12.8. The van der Waals surface area contributed by atoms with Gasteiger partial charge < -0.3 is 0 Å². The second kappa shape index (κ2) is 8.81. The van der Waals surface area contributed by atoms with Gasteiger partial charge in [-0.2, -0.15) is 0 Å². The zero-order chi connectivity index (χ0) is 21.9. The van der Waals surface area contributed by atoms with E-state index in [-0.39, 0.29) is 23.2 Å². The van der Waals surface area contributed by atoms with Crippen molar-refractivity contribution >= 4 is 30.9 Å². The molecule has 0 aliphatic heterocycles. The van der Waals surface area contributed by atoms with Crippen LogP contribution in [0.15, 0.2) is 59.6 Å². The molecule has 1 heterocycles. The van der Waals surface area contributed by atoms with Crippen LogP contribution in [0.4, 0.5) is 0 Å². The van der Waals surface area contributed by atoms with Crippen molar-refractivity contribution in [2.75, 3.05) is 0 Å². The van der Waals surface area contributed by atoms with Crippen molar-refractivity contribution in [1.82, 2.24) is 14.4 Å². The molecular weight excluding hydrogens is 422 g/mol. The number of rotatable bonds is 8. The van der Waals surface area contributed by atoms with Gasteiger partial charge >= 0.3 is 0 Å². The number of hydrogen-bond donors (Lipinski definition) is 2. The van der Waals surface area contributed by atoms with E-state index in [1.54, 1.807) is 50.4 Å². The van der Waals surface area contributed by atoms with Crippen molar-refractivity contribution < 1.29 is 16.8 Å². The molecule has 0 aliphatic rings. The minimum absolute atomic E-state index is 0.0852. The van der Waals surface area contributed by atoms with Gasteiger partial charge in [0.15, 0.2) is 0 Å². The van der Waals surface area contributed by atoms with Gasteiger partial charge in [0.2, 0.25) is 20.0 Å². The van der Waals surface area contributed by atoms with E-state index in [1.807, 2.05) is 19.1 Å². The number of nitrogens with zero attached hydrogens (tertiary/aromatic N) is 1. The Bertz CT molecular complexity index is 1250. The standard InChI is InChI=1S/C21H25N3O4S2/c1-15(2)24-29(25,26)14-18-9-7-17(8-10-18)13-23-30(27,28)20-6-4-5-19-11-16(3)12-22-21(19)20/h4-12,15,23-24H,13-14H2,1-3H3. The van der Waals surface area contributed by atoms with Gasteiger partial charge in [0.25, 0.3) is 0 Å². The van der Waals surface area contributed by atoms with Crippen molar-refractivity contribution in [3.63, 3.8) is 0 Å². The van der Waals surface area contributed by atoms with Gasteiger partial charge in [-0.1, -0.05) is 36.4 Å². The lowest BCUT2D eigenvalue weighted by Gasteiger charge is -2.11. The van der Waals surface area contributed by atoms with E-state index >= 15 is 0 Å². The molecule has 0 radical (unpaired) electrons. The van der Waals surface area contributed by atoms with Gasteiger partial charge in [-0.15, -0.1) is 0 Å². The average Bonchev–Trinajstić information content (AvgIpc) is 2.65. The van der Waals surface area contributed by atoms with Crippen molar-refractivity contribution in [2.45, 2.75) is 44.0 Å². The minimum atomic E-state index is -3.77. The smallest absolute Gasteiger partial charge is 0.243 e. The Kier molecular flexibility index (Phi) is 6.56. The van der Waals surface area contributed by atoms with E-state index < -0.39 is 20.0 Å². The molecule has 0 saturated carbocycles. The average molecular weight is 448 g/mol. The molecule has 3 aromatic rings. The van der Waals surface area contributed by atoms with Crippen LogP contribution in [0.25, 0.3) is 10.9 Å². The predicted molar refractivity (Wildman–Crippen MR) is 118 cm³/mol. The Hall–Kier alpha value is -2.33. The third-order valence-corrected chi connectivity index (χ3v) is 7.34. The summed E-state index contributed by atoms with van der Waals surface area (Å²) in [5, 5.41) is 0.762. The molecule has 0 aliphatic carbocycles. The largest absolute Gasteiger partial charge is 0.255 e. The summed E-state index contributed by atoms with van der Waals surface area (Å²) in [5.74, 6) is -0.127. The zero-order valence-corrected chi connectivity index (χ0v) is 18.7. The molecule has 9 heteroatoms. The highest BCUT2D eigenvalue weighted by molar-refractivity contribution is 7.89. The van der Waals surface area contributed by atoms with Crippen LogP contribution in [0.2, 0.25) is 0 Å². The molecule has 0 amide bonds. The minimum Gasteiger partial charge on any atom is -0.255 e. The molecule has 1 aromatic heterocycles. The molecular formula is C21H25N3O4S2. The highest BCUT2D eigenvalue weighted by Crippen LogP contribution is 2.22.